The molecule has 0 spiro atoms. The second kappa shape index (κ2) is 6.62. The van der Waals surface area contributed by atoms with E-state index in [1.54, 1.807) is 30.0 Å². The number of hydrogen-bond acceptors (Lipinski definition) is 5. The normalized spacial score (nSPS) is 16.4. The molecule has 0 N–H and O–H groups in total. The minimum Gasteiger partial charge on any atom is -0.351 e. The Kier molecular flexibility index (Phi) is 4.71. The first-order chi connectivity index (χ1) is 11.4. The molecule has 2 heterocycles. The molecular formula is C15H16ClFN4O2S. The lowest BCUT2D eigenvalue weighted by Crippen LogP contribution is -2.49. The van der Waals surface area contributed by atoms with E-state index < -0.39 is 15.8 Å². The van der Waals surface area contributed by atoms with Gasteiger partial charge in [0.2, 0.25) is 10.0 Å². The lowest BCUT2D eigenvalue weighted by Gasteiger charge is -2.34. The van der Waals surface area contributed by atoms with Crippen molar-refractivity contribution in [2.24, 2.45) is 0 Å². The minimum atomic E-state index is -3.67. The van der Waals surface area contributed by atoms with Gasteiger partial charge in [-0.2, -0.15) is 4.31 Å². The van der Waals surface area contributed by atoms with E-state index in [2.05, 4.69) is 9.97 Å². The molecule has 1 aliphatic rings. The van der Waals surface area contributed by atoms with Crippen molar-refractivity contribution in [3.05, 3.63) is 47.1 Å². The van der Waals surface area contributed by atoms with Gasteiger partial charge in [0, 0.05) is 26.2 Å². The van der Waals surface area contributed by atoms with Crippen LogP contribution >= 0.6 is 11.6 Å². The summed E-state index contributed by atoms with van der Waals surface area (Å²) in [5.74, 6) is -0.266. The minimum absolute atomic E-state index is 0.0872. The van der Waals surface area contributed by atoms with Crippen molar-refractivity contribution < 1.29 is 12.8 Å². The number of sulfonamides is 1. The molecule has 0 bridgehead atoms. The fourth-order valence-corrected chi connectivity index (χ4v) is 4.51. The van der Waals surface area contributed by atoms with Gasteiger partial charge in [-0.15, -0.1) is 0 Å². The second-order valence-corrected chi connectivity index (χ2v) is 7.73. The third-order valence-corrected chi connectivity index (χ3v) is 6.34. The summed E-state index contributed by atoms with van der Waals surface area (Å²) in [6.45, 7) is 2.72. The molecule has 6 nitrogen and oxygen atoms in total. The second-order valence-electron chi connectivity index (χ2n) is 5.42. The van der Waals surface area contributed by atoms with Crippen LogP contribution in [0.25, 0.3) is 0 Å². The highest BCUT2D eigenvalue weighted by atomic mass is 35.5. The van der Waals surface area contributed by atoms with Gasteiger partial charge < -0.3 is 4.90 Å². The van der Waals surface area contributed by atoms with Crippen LogP contribution in [-0.2, 0) is 10.0 Å². The zero-order valence-electron chi connectivity index (χ0n) is 13.0. The van der Waals surface area contributed by atoms with Gasteiger partial charge in [0.25, 0.3) is 0 Å². The number of piperazine rings is 1. The molecule has 9 heteroatoms. The van der Waals surface area contributed by atoms with Crippen LogP contribution in [0.3, 0.4) is 0 Å². The molecule has 0 amide bonds. The number of rotatable bonds is 3. The fraction of sp³-hybridized carbons (Fsp3) is 0.333. The summed E-state index contributed by atoms with van der Waals surface area (Å²) < 4.78 is 40.9. The van der Waals surface area contributed by atoms with Crippen molar-refractivity contribution in [2.45, 2.75) is 11.8 Å². The Morgan fingerprint density at radius 3 is 2.46 bits per heavy atom. The van der Waals surface area contributed by atoms with Crippen LogP contribution in [0.15, 0.2) is 35.5 Å². The molecule has 1 aliphatic heterocycles. The van der Waals surface area contributed by atoms with E-state index >= 15 is 0 Å². The number of aromatic nitrogens is 2. The van der Waals surface area contributed by atoms with Gasteiger partial charge in [-0.05, 0) is 19.1 Å². The van der Waals surface area contributed by atoms with Crippen LogP contribution in [0, 0.1) is 12.7 Å². The van der Waals surface area contributed by atoms with E-state index in [9.17, 15) is 12.8 Å². The van der Waals surface area contributed by atoms with Gasteiger partial charge >= 0.3 is 0 Å². The Morgan fingerprint density at radius 2 is 1.79 bits per heavy atom. The first kappa shape index (κ1) is 17.1. The van der Waals surface area contributed by atoms with E-state index in [0.717, 1.165) is 0 Å². The summed E-state index contributed by atoms with van der Waals surface area (Å²) in [6, 6.07) is 6.34. The van der Waals surface area contributed by atoms with Crippen molar-refractivity contribution in [2.75, 3.05) is 31.1 Å². The standard InChI is InChI=1S/C15H16ClFN4O2S/c1-11-14(17)15(19-10-18-11)20-6-8-21(9-7-20)24(22,23)13-5-3-2-4-12(13)16/h2-5,10H,6-9H2,1H3. The third kappa shape index (κ3) is 3.09. The van der Waals surface area contributed by atoms with Crippen molar-refractivity contribution >= 4 is 27.4 Å². The molecule has 1 saturated heterocycles. The van der Waals surface area contributed by atoms with Crippen LogP contribution < -0.4 is 4.90 Å². The van der Waals surface area contributed by atoms with Crippen LogP contribution in [0.4, 0.5) is 10.2 Å². The maximum Gasteiger partial charge on any atom is 0.244 e. The van der Waals surface area contributed by atoms with Crippen LogP contribution in [0.2, 0.25) is 5.02 Å². The lowest BCUT2D eigenvalue weighted by atomic mass is 10.3. The van der Waals surface area contributed by atoms with Gasteiger partial charge in [0.15, 0.2) is 11.6 Å². The SMILES string of the molecule is Cc1ncnc(N2CCN(S(=O)(=O)c3ccccc3Cl)CC2)c1F. The molecule has 2 aromatic rings. The maximum atomic E-state index is 14.1. The van der Waals surface area contributed by atoms with Crippen molar-refractivity contribution in [3.63, 3.8) is 0 Å². The third-order valence-electron chi connectivity index (χ3n) is 3.94. The number of halogens is 2. The van der Waals surface area contributed by atoms with Gasteiger partial charge in [-0.3, -0.25) is 0 Å². The number of aryl methyl sites for hydroxylation is 1. The van der Waals surface area contributed by atoms with Gasteiger partial charge in [0.05, 0.1) is 10.7 Å². The topological polar surface area (TPSA) is 66.4 Å². The van der Waals surface area contributed by atoms with E-state index in [-0.39, 0.29) is 34.5 Å². The zero-order chi connectivity index (χ0) is 17.3. The van der Waals surface area contributed by atoms with Gasteiger partial charge in [-0.1, -0.05) is 23.7 Å². The van der Waals surface area contributed by atoms with E-state index in [1.165, 1.54) is 16.7 Å². The summed E-state index contributed by atoms with van der Waals surface area (Å²) in [5.41, 5.74) is 0.270. The molecule has 0 unspecified atom stereocenters. The zero-order valence-corrected chi connectivity index (χ0v) is 14.6. The largest absolute Gasteiger partial charge is 0.351 e. The average molecular weight is 371 g/mol. The van der Waals surface area contributed by atoms with Crippen molar-refractivity contribution in [3.8, 4) is 0 Å². The first-order valence-corrected chi connectivity index (χ1v) is 9.20. The Hall–Kier alpha value is -1.77. The Bertz CT molecular complexity index is 854. The smallest absolute Gasteiger partial charge is 0.244 e. The molecule has 1 fully saturated rings. The predicted octanol–water partition coefficient (Wildman–Crippen LogP) is 2.09. The number of benzene rings is 1. The molecular weight excluding hydrogens is 355 g/mol. The van der Waals surface area contributed by atoms with Crippen LogP contribution in [0.1, 0.15) is 5.69 Å². The van der Waals surface area contributed by atoms with Crippen molar-refractivity contribution in [1.29, 1.82) is 0 Å². The lowest BCUT2D eigenvalue weighted by molar-refractivity contribution is 0.381. The monoisotopic (exact) mass is 370 g/mol. The number of anilines is 1. The summed E-state index contributed by atoms with van der Waals surface area (Å²) in [7, 11) is -3.67. The molecule has 1 aromatic carbocycles. The molecule has 24 heavy (non-hydrogen) atoms. The summed E-state index contributed by atoms with van der Waals surface area (Å²) in [5, 5.41) is 0.192. The highest BCUT2D eigenvalue weighted by Crippen LogP contribution is 2.26. The number of nitrogens with zero attached hydrogens (tertiary/aromatic N) is 4. The van der Waals surface area contributed by atoms with Gasteiger partial charge in [-0.25, -0.2) is 22.8 Å². The highest BCUT2D eigenvalue weighted by molar-refractivity contribution is 7.89. The van der Waals surface area contributed by atoms with Crippen LogP contribution in [0.5, 0.6) is 0 Å². The summed E-state index contributed by atoms with van der Waals surface area (Å²) in [6.07, 6.45) is 1.31. The van der Waals surface area contributed by atoms with E-state index in [4.69, 9.17) is 11.6 Å². The molecule has 0 saturated carbocycles. The summed E-state index contributed by atoms with van der Waals surface area (Å²) >= 11 is 6.01. The molecule has 0 atom stereocenters. The van der Waals surface area contributed by atoms with E-state index in [1.807, 2.05) is 0 Å². The molecule has 0 aliphatic carbocycles. The van der Waals surface area contributed by atoms with Gasteiger partial charge in [0.1, 0.15) is 11.2 Å². The highest BCUT2D eigenvalue weighted by Gasteiger charge is 2.31. The molecule has 3 rings (SSSR count). The Morgan fingerprint density at radius 1 is 1.12 bits per heavy atom. The molecule has 0 radical (unpaired) electrons. The average Bonchev–Trinajstić information content (AvgIpc) is 2.58. The Balaban J connectivity index is 1.78. The first-order valence-electron chi connectivity index (χ1n) is 7.38. The molecule has 1 aromatic heterocycles. The Labute approximate surface area is 144 Å². The summed E-state index contributed by atoms with van der Waals surface area (Å²) in [4.78, 5) is 9.59. The van der Waals surface area contributed by atoms with E-state index in [0.29, 0.717) is 13.1 Å². The fourth-order valence-electron chi connectivity index (χ4n) is 2.60. The molecule has 128 valence electrons. The van der Waals surface area contributed by atoms with Crippen molar-refractivity contribution in [1.82, 2.24) is 14.3 Å². The number of hydrogen-bond donors (Lipinski definition) is 0. The predicted molar refractivity (Wildman–Crippen MR) is 89.2 cm³/mol. The maximum absolute atomic E-state index is 14.1. The van der Waals surface area contributed by atoms with Crippen LogP contribution in [-0.4, -0.2) is 48.9 Å². The quantitative estimate of drug-likeness (QED) is 0.827.